The van der Waals surface area contributed by atoms with Crippen molar-refractivity contribution in [3.63, 3.8) is 0 Å². The summed E-state index contributed by atoms with van der Waals surface area (Å²) in [6.45, 7) is 0.343. The Morgan fingerprint density at radius 2 is 1.85 bits per heavy atom. The van der Waals surface area contributed by atoms with E-state index in [-0.39, 0.29) is 17.6 Å². The molecule has 0 radical (unpaired) electrons. The molecule has 8 heteroatoms. The zero-order valence-electron chi connectivity index (χ0n) is 14.9. The van der Waals surface area contributed by atoms with E-state index in [4.69, 9.17) is 27.9 Å². The fourth-order valence-corrected chi connectivity index (χ4v) is 4.62. The summed E-state index contributed by atoms with van der Waals surface area (Å²) in [6.07, 6.45) is 5.28. The van der Waals surface area contributed by atoms with E-state index < -0.39 is 5.97 Å². The van der Waals surface area contributed by atoms with Gasteiger partial charge in [-0.25, -0.2) is 9.78 Å². The highest BCUT2D eigenvalue weighted by Gasteiger charge is 2.28. The van der Waals surface area contributed by atoms with E-state index in [0.717, 1.165) is 25.7 Å². The number of ether oxygens (including phenoxy) is 1. The van der Waals surface area contributed by atoms with Crippen LogP contribution < -0.4 is 0 Å². The highest BCUT2D eigenvalue weighted by atomic mass is 35.5. The standard InChI is InChI=1S/C19H20Cl2N2O3S/c1-26-19(25)16-11-27-17(22-16)10-23(15-5-3-2-4-6-15)18(24)12-7-13(20)9-14(21)8-12/h7-9,11,15H,2-6,10H2,1H3. The molecule has 1 aromatic carbocycles. The molecule has 0 atom stereocenters. The number of nitrogens with zero attached hydrogens (tertiary/aromatic N) is 2. The van der Waals surface area contributed by atoms with Crippen molar-refractivity contribution in [2.75, 3.05) is 7.11 Å². The Labute approximate surface area is 172 Å². The first kappa shape index (κ1) is 20.1. The predicted octanol–water partition coefficient (Wildman–Crippen LogP) is 5.21. The predicted molar refractivity (Wildman–Crippen MR) is 107 cm³/mol. The Bertz CT molecular complexity index is 814. The molecule has 1 heterocycles. The van der Waals surface area contributed by atoms with Crippen LogP contribution in [0.5, 0.6) is 0 Å². The second-order valence-electron chi connectivity index (χ2n) is 6.50. The summed E-state index contributed by atoms with van der Waals surface area (Å²) < 4.78 is 4.71. The van der Waals surface area contributed by atoms with Crippen molar-refractivity contribution in [3.05, 3.63) is 49.9 Å². The molecular formula is C19H20Cl2N2O3S. The van der Waals surface area contributed by atoms with Crippen LogP contribution in [0.25, 0.3) is 0 Å². The molecule has 1 amide bonds. The molecule has 144 valence electrons. The van der Waals surface area contributed by atoms with Gasteiger partial charge in [0, 0.05) is 27.0 Å². The van der Waals surface area contributed by atoms with Crippen molar-refractivity contribution in [2.24, 2.45) is 0 Å². The van der Waals surface area contributed by atoms with Crippen molar-refractivity contribution in [1.29, 1.82) is 0 Å². The number of carbonyl (C=O) groups is 2. The van der Waals surface area contributed by atoms with E-state index in [1.165, 1.54) is 24.9 Å². The highest BCUT2D eigenvalue weighted by Crippen LogP contribution is 2.28. The molecule has 0 unspecified atom stereocenters. The summed E-state index contributed by atoms with van der Waals surface area (Å²) in [6, 6.07) is 5.00. The number of rotatable bonds is 5. The molecule has 0 spiro atoms. The lowest BCUT2D eigenvalue weighted by Gasteiger charge is -2.34. The largest absolute Gasteiger partial charge is 0.464 e. The number of methoxy groups -OCH3 is 1. The van der Waals surface area contributed by atoms with Crippen LogP contribution in [-0.2, 0) is 11.3 Å². The molecule has 1 saturated carbocycles. The van der Waals surface area contributed by atoms with E-state index in [2.05, 4.69) is 4.98 Å². The smallest absolute Gasteiger partial charge is 0.357 e. The van der Waals surface area contributed by atoms with E-state index in [1.807, 2.05) is 4.90 Å². The average molecular weight is 427 g/mol. The molecule has 5 nitrogen and oxygen atoms in total. The van der Waals surface area contributed by atoms with Gasteiger partial charge in [-0.05, 0) is 31.0 Å². The van der Waals surface area contributed by atoms with Gasteiger partial charge in [-0.2, -0.15) is 0 Å². The number of aromatic nitrogens is 1. The van der Waals surface area contributed by atoms with Crippen molar-refractivity contribution in [3.8, 4) is 0 Å². The summed E-state index contributed by atoms with van der Waals surface area (Å²) >= 11 is 13.5. The molecule has 2 aromatic rings. The third-order valence-corrected chi connectivity index (χ3v) is 5.91. The van der Waals surface area contributed by atoms with Gasteiger partial charge in [0.1, 0.15) is 5.01 Å². The third-order valence-electron chi connectivity index (χ3n) is 4.64. The maximum Gasteiger partial charge on any atom is 0.357 e. The van der Waals surface area contributed by atoms with E-state index >= 15 is 0 Å². The molecule has 0 aliphatic heterocycles. The summed E-state index contributed by atoms with van der Waals surface area (Å²) in [5.41, 5.74) is 0.724. The van der Waals surface area contributed by atoms with Crippen LogP contribution in [0.1, 0.15) is 58.0 Å². The molecular weight excluding hydrogens is 407 g/mol. The maximum atomic E-state index is 13.2. The second kappa shape index (κ2) is 9.04. The van der Waals surface area contributed by atoms with Crippen molar-refractivity contribution in [1.82, 2.24) is 9.88 Å². The van der Waals surface area contributed by atoms with Crippen molar-refractivity contribution >= 4 is 46.4 Å². The van der Waals surface area contributed by atoms with Gasteiger partial charge >= 0.3 is 5.97 Å². The lowest BCUT2D eigenvalue weighted by atomic mass is 9.93. The first-order valence-electron chi connectivity index (χ1n) is 8.77. The molecule has 1 fully saturated rings. The van der Waals surface area contributed by atoms with Crippen LogP contribution >= 0.6 is 34.5 Å². The molecule has 1 aromatic heterocycles. The highest BCUT2D eigenvalue weighted by molar-refractivity contribution is 7.09. The van der Waals surface area contributed by atoms with Gasteiger partial charge in [0.25, 0.3) is 5.91 Å². The fraction of sp³-hybridized carbons (Fsp3) is 0.421. The van der Waals surface area contributed by atoms with Crippen LogP contribution in [0.3, 0.4) is 0 Å². The lowest BCUT2D eigenvalue weighted by molar-refractivity contribution is 0.0594. The SMILES string of the molecule is COC(=O)c1csc(CN(C(=O)c2cc(Cl)cc(Cl)c2)C2CCCCC2)n1. The van der Waals surface area contributed by atoms with Crippen LogP contribution in [0.15, 0.2) is 23.6 Å². The zero-order chi connectivity index (χ0) is 19.4. The van der Waals surface area contributed by atoms with E-state index in [0.29, 0.717) is 27.2 Å². The molecule has 0 bridgehead atoms. The number of carbonyl (C=O) groups excluding carboxylic acids is 2. The Balaban J connectivity index is 1.87. The zero-order valence-corrected chi connectivity index (χ0v) is 17.2. The quantitative estimate of drug-likeness (QED) is 0.615. The van der Waals surface area contributed by atoms with Crippen LogP contribution in [-0.4, -0.2) is 34.9 Å². The maximum absolute atomic E-state index is 13.2. The second-order valence-corrected chi connectivity index (χ2v) is 8.32. The van der Waals surface area contributed by atoms with Crippen LogP contribution in [0.4, 0.5) is 0 Å². The Hall–Kier alpha value is -1.63. The van der Waals surface area contributed by atoms with E-state index in [1.54, 1.807) is 23.6 Å². The Morgan fingerprint density at radius 1 is 1.19 bits per heavy atom. The number of amides is 1. The minimum absolute atomic E-state index is 0.124. The van der Waals surface area contributed by atoms with Crippen molar-refractivity contribution in [2.45, 2.75) is 44.7 Å². The van der Waals surface area contributed by atoms with Crippen LogP contribution in [0, 0.1) is 0 Å². The Kier molecular flexibility index (Phi) is 6.73. The molecule has 1 aliphatic rings. The summed E-state index contributed by atoms with van der Waals surface area (Å²) in [5, 5.41) is 3.21. The van der Waals surface area contributed by atoms with E-state index in [9.17, 15) is 9.59 Å². The number of benzene rings is 1. The average Bonchev–Trinajstić information content (AvgIpc) is 3.13. The van der Waals surface area contributed by atoms with Gasteiger partial charge in [-0.3, -0.25) is 4.79 Å². The van der Waals surface area contributed by atoms with Gasteiger partial charge < -0.3 is 9.64 Å². The molecule has 1 aliphatic carbocycles. The number of halogens is 2. The van der Waals surface area contributed by atoms with Gasteiger partial charge in [-0.15, -0.1) is 11.3 Å². The molecule has 3 rings (SSSR count). The number of hydrogen-bond acceptors (Lipinski definition) is 5. The number of esters is 1. The summed E-state index contributed by atoms with van der Waals surface area (Å²) in [5.74, 6) is -0.601. The normalized spacial score (nSPS) is 14.8. The first-order valence-corrected chi connectivity index (χ1v) is 10.4. The molecule has 0 saturated heterocycles. The van der Waals surface area contributed by atoms with Gasteiger partial charge in [0.05, 0.1) is 13.7 Å². The molecule has 27 heavy (non-hydrogen) atoms. The lowest BCUT2D eigenvalue weighted by Crippen LogP contribution is -2.41. The van der Waals surface area contributed by atoms with Crippen molar-refractivity contribution < 1.29 is 14.3 Å². The third kappa shape index (κ3) is 5.00. The van der Waals surface area contributed by atoms with Crippen LogP contribution in [0.2, 0.25) is 10.0 Å². The van der Waals surface area contributed by atoms with Gasteiger partial charge in [0.15, 0.2) is 5.69 Å². The van der Waals surface area contributed by atoms with Gasteiger partial charge in [-0.1, -0.05) is 42.5 Å². The number of hydrogen-bond donors (Lipinski definition) is 0. The Morgan fingerprint density at radius 3 is 2.48 bits per heavy atom. The molecule has 0 N–H and O–H groups in total. The topological polar surface area (TPSA) is 59.5 Å². The summed E-state index contributed by atoms with van der Waals surface area (Å²) in [7, 11) is 1.32. The monoisotopic (exact) mass is 426 g/mol. The van der Waals surface area contributed by atoms with Gasteiger partial charge in [0.2, 0.25) is 0 Å². The number of thiazole rings is 1. The minimum atomic E-state index is -0.477. The summed E-state index contributed by atoms with van der Waals surface area (Å²) in [4.78, 5) is 31.1. The first-order chi connectivity index (χ1) is 13.0. The minimum Gasteiger partial charge on any atom is -0.464 e. The fourth-order valence-electron chi connectivity index (χ4n) is 3.33.